The van der Waals surface area contributed by atoms with Gasteiger partial charge in [-0.05, 0) is 60.8 Å². The summed E-state index contributed by atoms with van der Waals surface area (Å²) < 4.78 is 10.6. The number of nitrogens with one attached hydrogen (secondary N) is 3. The molecule has 0 aromatic rings. The number of alkyl carbamates (subject to hydrolysis) is 2. The highest BCUT2D eigenvalue weighted by atomic mass is 16.6. The molecule has 1 aliphatic rings. The van der Waals surface area contributed by atoms with Crippen molar-refractivity contribution in [3.05, 3.63) is 0 Å². The van der Waals surface area contributed by atoms with E-state index in [2.05, 4.69) is 16.0 Å². The van der Waals surface area contributed by atoms with Crippen molar-refractivity contribution in [1.82, 2.24) is 16.0 Å². The van der Waals surface area contributed by atoms with Gasteiger partial charge in [0, 0.05) is 13.0 Å². The van der Waals surface area contributed by atoms with Crippen molar-refractivity contribution < 1.29 is 23.9 Å². The molecule has 0 heterocycles. The lowest BCUT2D eigenvalue weighted by molar-refractivity contribution is -0.119. The highest BCUT2D eigenvalue weighted by Crippen LogP contribution is 2.21. The van der Waals surface area contributed by atoms with Gasteiger partial charge in [-0.2, -0.15) is 0 Å². The van der Waals surface area contributed by atoms with Gasteiger partial charge in [0.05, 0.1) is 12.1 Å². The van der Waals surface area contributed by atoms with Crippen LogP contribution in [0.15, 0.2) is 0 Å². The fraction of sp³-hybridized carbons (Fsp3) is 0.833. The second-order valence-corrected chi connectivity index (χ2v) is 8.72. The van der Waals surface area contributed by atoms with Crippen LogP contribution in [0.4, 0.5) is 9.59 Å². The van der Waals surface area contributed by atoms with Gasteiger partial charge in [0.25, 0.3) is 0 Å². The number of hydrogen-bond donors (Lipinski definition) is 3. The smallest absolute Gasteiger partial charge is 0.407 e. The number of amides is 3. The van der Waals surface area contributed by atoms with Gasteiger partial charge < -0.3 is 25.4 Å². The zero-order chi connectivity index (χ0) is 20.1. The van der Waals surface area contributed by atoms with Crippen LogP contribution >= 0.6 is 0 Å². The van der Waals surface area contributed by atoms with Crippen LogP contribution < -0.4 is 16.0 Å². The molecule has 0 bridgehead atoms. The molecule has 3 N–H and O–H groups in total. The van der Waals surface area contributed by atoms with Crippen LogP contribution in [0.2, 0.25) is 0 Å². The standard InChI is InChI=1S/C18H33N3O5/c1-11(22)19-12-8-9-13(20-15(23)25-17(2,3)4)14(10-12)21-16(24)26-18(5,6)7/h12-14H,8-10H2,1-7H3,(H,19,22)(H,20,23)(H,21,24). The first kappa shape index (κ1) is 22.1. The van der Waals surface area contributed by atoms with E-state index in [0.29, 0.717) is 19.3 Å². The molecular weight excluding hydrogens is 338 g/mol. The Kier molecular flexibility index (Phi) is 7.29. The normalized spacial score (nSPS) is 23.6. The minimum absolute atomic E-state index is 0.0656. The summed E-state index contributed by atoms with van der Waals surface area (Å²) in [6, 6.07) is -0.741. The highest BCUT2D eigenvalue weighted by molar-refractivity contribution is 5.73. The van der Waals surface area contributed by atoms with Gasteiger partial charge in [-0.25, -0.2) is 9.59 Å². The molecule has 26 heavy (non-hydrogen) atoms. The second-order valence-electron chi connectivity index (χ2n) is 8.72. The first-order valence-corrected chi connectivity index (χ1v) is 9.01. The minimum atomic E-state index is -0.621. The van der Waals surface area contributed by atoms with E-state index in [0.717, 1.165) is 0 Å². The molecule has 1 rings (SSSR count). The Balaban J connectivity index is 2.77. The van der Waals surface area contributed by atoms with E-state index in [1.54, 1.807) is 41.5 Å². The molecule has 0 saturated heterocycles. The monoisotopic (exact) mass is 371 g/mol. The van der Waals surface area contributed by atoms with E-state index in [4.69, 9.17) is 9.47 Å². The molecule has 3 unspecified atom stereocenters. The van der Waals surface area contributed by atoms with E-state index < -0.39 is 23.4 Å². The summed E-state index contributed by atoms with van der Waals surface area (Å²) >= 11 is 0. The third kappa shape index (κ3) is 8.92. The maximum Gasteiger partial charge on any atom is 0.407 e. The van der Waals surface area contributed by atoms with E-state index in [-0.39, 0.29) is 24.0 Å². The Morgan fingerprint density at radius 1 is 0.769 bits per heavy atom. The Labute approximate surface area is 155 Å². The Morgan fingerprint density at radius 2 is 1.23 bits per heavy atom. The Bertz CT molecular complexity index is 522. The molecule has 0 radical (unpaired) electrons. The largest absolute Gasteiger partial charge is 0.444 e. The van der Waals surface area contributed by atoms with E-state index in [9.17, 15) is 14.4 Å². The SMILES string of the molecule is CC(=O)NC1CCC(NC(=O)OC(C)(C)C)C(NC(=O)OC(C)(C)C)C1. The molecule has 0 aromatic heterocycles. The number of carbonyl (C=O) groups excluding carboxylic acids is 3. The summed E-state index contributed by atoms with van der Waals surface area (Å²) in [5, 5.41) is 8.51. The molecule has 0 aliphatic heterocycles. The fourth-order valence-corrected chi connectivity index (χ4v) is 2.84. The second kappa shape index (κ2) is 8.60. The quantitative estimate of drug-likeness (QED) is 0.707. The lowest BCUT2D eigenvalue weighted by Gasteiger charge is -2.37. The van der Waals surface area contributed by atoms with E-state index >= 15 is 0 Å². The predicted molar refractivity (Wildman–Crippen MR) is 97.8 cm³/mol. The Morgan fingerprint density at radius 3 is 1.65 bits per heavy atom. The van der Waals surface area contributed by atoms with Crippen molar-refractivity contribution in [3.8, 4) is 0 Å². The van der Waals surface area contributed by atoms with Crippen LogP contribution in [0, 0.1) is 0 Å². The topological polar surface area (TPSA) is 106 Å². The number of rotatable bonds is 3. The molecule has 1 fully saturated rings. The van der Waals surface area contributed by atoms with Crippen molar-refractivity contribution in [2.75, 3.05) is 0 Å². The highest BCUT2D eigenvalue weighted by Gasteiger charge is 2.35. The zero-order valence-electron chi connectivity index (χ0n) is 16.9. The Hall–Kier alpha value is -1.99. The van der Waals surface area contributed by atoms with Crippen LogP contribution in [0.1, 0.15) is 67.7 Å². The van der Waals surface area contributed by atoms with Gasteiger partial charge in [-0.15, -0.1) is 0 Å². The summed E-state index contributed by atoms with van der Waals surface area (Å²) in [5.74, 6) is -0.121. The molecule has 8 nitrogen and oxygen atoms in total. The molecule has 1 saturated carbocycles. The van der Waals surface area contributed by atoms with Crippen LogP contribution in [-0.2, 0) is 14.3 Å². The van der Waals surface area contributed by atoms with Gasteiger partial charge in [-0.3, -0.25) is 4.79 Å². The van der Waals surface area contributed by atoms with Crippen LogP contribution in [0.25, 0.3) is 0 Å². The lowest BCUT2D eigenvalue weighted by Crippen LogP contribution is -2.58. The average Bonchev–Trinajstić information content (AvgIpc) is 2.36. The number of hydrogen-bond acceptors (Lipinski definition) is 5. The summed E-state index contributed by atoms with van der Waals surface area (Å²) in [6.07, 6.45) is 0.717. The lowest BCUT2D eigenvalue weighted by atomic mass is 9.86. The summed E-state index contributed by atoms with van der Waals surface area (Å²) in [5.41, 5.74) is -1.23. The predicted octanol–water partition coefficient (Wildman–Crippen LogP) is 2.46. The third-order valence-electron chi connectivity index (χ3n) is 3.66. The van der Waals surface area contributed by atoms with E-state index in [1.807, 2.05) is 0 Å². The van der Waals surface area contributed by atoms with Gasteiger partial charge in [-0.1, -0.05) is 0 Å². The van der Waals surface area contributed by atoms with Crippen molar-refractivity contribution in [1.29, 1.82) is 0 Å². The van der Waals surface area contributed by atoms with Gasteiger partial charge in [0.1, 0.15) is 11.2 Å². The van der Waals surface area contributed by atoms with Crippen molar-refractivity contribution in [3.63, 3.8) is 0 Å². The van der Waals surface area contributed by atoms with Gasteiger partial charge >= 0.3 is 12.2 Å². The average molecular weight is 371 g/mol. The minimum Gasteiger partial charge on any atom is -0.444 e. The van der Waals surface area contributed by atoms with Gasteiger partial charge in [0.15, 0.2) is 0 Å². The molecule has 3 atom stereocenters. The molecule has 0 spiro atoms. The summed E-state index contributed by atoms with van der Waals surface area (Å²) in [4.78, 5) is 35.6. The zero-order valence-corrected chi connectivity index (χ0v) is 16.9. The van der Waals surface area contributed by atoms with Crippen molar-refractivity contribution in [2.24, 2.45) is 0 Å². The van der Waals surface area contributed by atoms with Crippen molar-refractivity contribution >= 4 is 18.1 Å². The molecule has 150 valence electrons. The molecule has 8 heteroatoms. The number of ether oxygens (including phenoxy) is 2. The van der Waals surface area contributed by atoms with Crippen LogP contribution in [-0.4, -0.2) is 47.4 Å². The van der Waals surface area contributed by atoms with Crippen LogP contribution in [0.5, 0.6) is 0 Å². The summed E-state index contributed by atoms with van der Waals surface area (Å²) in [7, 11) is 0. The van der Waals surface area contributed by atoms with Crippen LogP contribution in [0.3, 0.4) is 0 Å². The molecular formula is C18H33N3O5. The van der Waals surface area contributed by atoms with Crippen molar-refractivity contribution in [2.45, 2.75) is 97.1 Å². The first-order chi connectivity index (χ1) is 11.7. The van der Waals surface area contributed by atoms with Gasteiger partial charge in [0.2, 0.25) is 5.91 Å². The third-order valence-corrected chi connectivity index (χ3v) is 3.66. The number of carbonyl (C=O) groups is 3. The molecule has 0 aromatic carbocycles. The maximum atomic E-state index is 12.2. The molecule has 1 aliphatic carbocycles. The molecule has 3 amide bonds. The van der Waals surface area contributed by atoms with E-state index in [1.165, 1.54) is 6.92 Å². The summed E-state index contributed by atoms with van der Waals surface area (Å²) in [6.45, 7) is 12.2. The maximum absolute atomic E-state index is 12.2. The first-order valence-electron chi connectivity index (χ1n) is 9.01. The fourth-order valence-electron chi connectivity index (χ4n) is 2.84.